The van der Waals surface area contributed by atoms with Crippen molar-refractivity contribution in [1.29, 1.82) is 0 Å². The zero-order valence-corrected chi connectivity index (χ0v) is 17.7. The van der Waals surface area contributed by atoms with Crippen molar-refractivity contribution >= 4 is 23.7 Å². The first-order chi connectivity index (χ1) is 14.3. The van der Waals surface area contributed by atoms with Crippen LogP contribution in [0.5, 0.6) is 0 Å². The zero-order valence-electron chi connectivity index (χ0n) is 17.7. The molecule has 2 aromatic heterocycles. The summed E-state index contributed by atoms with van der Waals surface area (Å²) in [6, 6.07) is 13.2. The van der Waals surface area contributed by atoms with Crippen molar-refractivity contribution in [3.8, 4) is 11.3 Å². The second-order valence-electron chi connectivity index (χ2n) is 7.42. The largest absolute Gasteiger partial charge is 0.446 e. The number of nitrogens with zero attached hydrogens (tertiary/aromatic N) is 3. The van der Waals surface area contributed by atoms with Gasteiger partial charge >= 0.3 is 12.2 Å². The molecule has 0 aliphatic carbocycles. The third-order valence-electron chi connectivity index (χ3n) is 4.08. The minimum absolute atomic E-state index is 0.350. The fourth-order valence-electron chi connectivity index (χ4n) is 2.91. The van der Waals surface area contributed by atoms with Crippen LogP contribution in [-0.2, 0) is 9.47 Å². The number of amides is 2. The molecular weight excluding hydrogens is 384 g/mol. The molecule has 3 rings (SSSR count). The van der Waals surface area contributed by atoms with Crippen LogP contribution in [0.3, 0.4) is 0 Å². The van der Waals surface area contributed by atoms with Gasteiger partial charge in [-0.3, -0.25) is 4.40 Å². The molecule has 1 N–H and O–H groups in total. The molecule has 8 heteroatoms. The standard InChI is InChI=1S/C22H26N4O4/c1-14(2)29-21(27)24-26(22(28)30-15(3)4)20-19(17-9-7-6-8-10-17)23-18-13-16(5)11-12-25(18)20/h6-15H,1-5H3,(H,24,27). The quantitative estimate of drug-likeness (QED) is 0.630. The lowest BCUT2D eigenvalue weighted by molar-refractivity contribution is 0.103. The van der Waals surface area contributed by atoms with Crippen LogP contribution in [0.2, 0.25) is 0 Å². The number of carbonyl (C=O) groups is 2. The summed E-state index contributed by atoms with van der Waals surface area (Å²) in [5, 5.41) is 1.04. The van der Waals surface area contributed by atoms with Gasteiger partial charge in [-0.2, -0.15) is 5.01 Å². The monoisotopic (exact) mass is 410 g/mol. The van der Waals surface area contributed by atoms with E-state index in [4.69, 9.17) is 14.5 Å². The number of aryl methyl sites for hydroxylation is 1. The van der Waals surface area contributed by atoms with Gasteiger partial charge in [0.1, 0.15) is 11.3 Å². The summed E-state index contributed by atoms with van der Waals surface area (Å²) in [5.74, 6) is 0.350. The number of hydrogen-bond donors (Lipinski definition) is 1. The first-order valence-corrected chi connectivity index (χ1v) is 9.78. The van der Waals surface area contributed by atoms with Crippen molar-refractivity contribution in [2.75, 3.05) is 5.01 Å². The molecule has 0 aliphatic rings. The lowest BCUT2D eigenvalue weighted by Gasteiger charge is -2.24. The SMILES string of the molecule is Cc1ccn2c(N(NC(=O)OC(C)C)C(=O)OC(C)C)c(-c3ccccc3)nc2c1. The second-order valence-corrected chi connectivity index (χ2v) is 7.42. The van der Waals surface area contributed by atoms with E-state index in [0.717, 1.165) is 16.1 Å². The lowest BCUT2D eigenvalue weighted by Crippen LogP contribution is -2.48. The third-order valence-corrected chi connectivity index (χ3v) is 4.08. The summed E-state index contributed by atoms with van der Waals surface area (Å²) in [6.45, 7) is 8.88. The minimum atomic E-state index is -0.772. The van der Waals surface area contributed by atoms with Crippen LogP contribution < -0.4 is 10.4 Å². The summed E-state index contributed by atoms with van der Waals surface area (Å²) < 4.78 is 12.3. The molecule has 3 aromatic rings. The Morgan fingerprint density at radius 2 is 1.70 bits per heavy atom. The highest BCUT2D eigenvalue weighted by Crippen LogP contribution is 2.31. The zero-order chi connectivity index (χ0) is 21.8. The van der Waals surface area contributed by atoms with Crippen molar-refractivity contribution in [2.24, 2.45) is 0 Å². The highest BCUT2D eigenvalue weighted by atomic mass is 16.6. The first-order valence-electron chi connectivity index (χ1n) is 9.78. The van der Waals surface area contributed by atoms with E-state index in [1.165, 1.54) is 0 Å². The van der Waals surface area contributed by atoms with E-state index in [-0.39, 0.29) is 12.2 Å². The maximum atomic E-state index is 13.0. The topological polar surface area (TPSA) is 85.2 Å². The Bertz CT molecular complexity index is 1040. The van der Waals surface area contributed by atoms with Gasteiger partial charge in [-0.25, -0.2) is 20.0 Å². The van der Waals surface area contributed by atoms with E-state index in [9.17, 15) is 9.59 Å². The molecule has 2 amide bonds. The summed E-state index contributed by atoms with van der Waals surface area (Å²) in [5.41, 5.74) is 5.46. The molecule has 30 heavy (non-hydrogen) atoms. The van der Waals surface area contributed by atoms with Crippen molar-refractivity contribution in [3.63, 3.8) is 0 Å². The molecule has 0 saturated heterocycles. The highest BCUT2D eigenvalue weighted by Gasteiger charge is 2.29. The number of imidazole rings is 1. The van der Waals surface area contributed by atoms with Crippen LogP contribution in [0.1, 0.15) is 33.3 Å². The van der Waals surface area contributed by atoms with Gasteiger partial charge < -0.3 is 9.47 Å². The average Bonchev–Trinajstić information content (AvgIpc) is 3.03. The van der Waals surface area contributed by atoms with Gasteiger partial charge in [0.05, 0.1) is 12.2 Å². The molecule has 2 heterocycles. The van der Waals surface area contributed by atoms with Gasteiger partial charge in [0.25, 0.3) is 0 Å². The second kappa shape index (κ2) is 8.86. The smallest absolute Gasteiger partial charge is 0.435 e. The maximum absolute atomic E-state index is 13.0. The normalized spacial score (nSPS) is 11.0. The predicted molar refractivity (Wildman–Crippen MR) is 114 cm³/mol. The molecule has 0 saturated carbocycles. The number of rotatable bonds is 4. The Morgan fingerprint density at radius 1 is 1.03 bits per heavy atom. The number of fused-ring (bicyclic) bond motifs is 1. The van der Waals surface area contributed by atoms with Gasteiger partial charge in [-0.15, -0.1) is 0 Å². The number of ether oxygens (including phenoxy) is 2. The van der Waals surface area contributed by atoms with E-state index < -0.39 is 12.2 Å². The Hall–Kier alpha value is -3.55. The van der Waals surface area contributed by atoms with E-state index in [1.54, 1.807) is 38.3 Å². The molecule has 0 unspecified atom stereocenters. The van der Waals surface area contributed by atoms with E-state index >= 15 is 0 Å². The van der Waals surface area contributed by atoms with Crippen LogP contribution in [0.4, 0.5) is 15.4 Å². The third kappa shape index (κ3) is 4.71. The van der Waals surface area contributed by atoms with Gasteiger partial charge in [0, 0.05) is 11.8 Å². The van der Waals surface area contributed by atoms with Crippen molar-refractivity contribution in [2.45, 2.75) is 46.8 Å². The number of hydrazine groups is 1. The molecule has 8 nitrogen and oxygen atoms in total. The Balaban J connectivity index is 2.18. The Morgan fingerprint density at radius 3 is 2.33 bits per heavy atom. The molecule has 158 valence electrons. The minimum Gasteiger partial charge on any atom is -0.446 e. The summed E-state index contributed by atoms with van der Waals surface area (Å²) >= 11 is 0. The van der Waals surface area contributed by atoms with E-state index in [0.29, 0.717) is 17.2 Å². The molecule has 0 atom stereocenters. The van der Waals surface area contributed by atoms with Gasteiger partial charge in [0.15, 0.2) is 5.82 Å². The van der Waals surface area contributed by atoms with Crippen LogP contribution in [0, 0.1) is 6.92 Å². The molecule has 0 radical (unpaired) electrons. The summed E-state index contributed by atoms with van der Waals surface area (Å²) in [4.78, 5) is 30.1. The van der Waals surface area contributed by atoms with Crippen molar-refractivity contribution < 1.29 is 19.1 Å². The van der Waals surface area contributed by atoms with Crippen molar-refractivity contribution in [3.05, 3.63) is 54.2 Å². The van der Waals surface area contributed by atoms with Gasteiger partial charge in [0.2, 0.25) is 0 Å². The van der Waals surface area contributed by atoms with Crippen LogP contribution in [0.25, 0.3) is 16.9 Å². The molecule has 1 aromatic carbocycles. The number of hydrogen-bond acceptors (Lipinski definition) is 5. The van der Waals surface area contributed by atoms with Crippen LogP contribution >= 0.6 is 0 Å². The van der Waals surface area contributed by atoms with Crippen LogP contribution in [0.15, 0.2) is 48.7 Å². The van der Waals surface area contributed by atoms with Crippen LogP contribution in [-0.4, -0.2) is 33.8 Å². The van der Waals surface area contributed by atoms with Crippen molar-refractivity contribution in [1.82, 2.24) is 14.8 Å². The first kappa shape index (κ1) is 21.2. The molecular formula is C22H26N4O4. The molecule has 0 aliphatic heterocycles. The number of nitrogens with one attached hydrogen (secondary N) is 1. The average molecular weight is 410 g/mol. The highest BCUT2D eigenvalue weighted by molar-refractivity contribution is 5.94. The molecule has 0 bridgehead atoms. The van der Waals surface area contributed by atoms with E-state index in [2.05, 4.69) is 5.43 Å². The summed E-state index contributed by atoms with van der Waals surface area (Å²) in [6.07, 6.45) is -0.460. The molecule has 0 fully saturated rings. The van der Waals surface area contributed by atoms with Gasteiger partial charge in [-0.05, 0) is 52.3 Å². The fraction of sp³-hybridized carbons (Fsp3) is 0.318. The Kier molecular flexibility index (Phi) is 6.25. The molecule has 0 spiro atoms. The van der Waals surface area contributed by atoms with E-state index in [1.807, 2.05) is 49.4 Å². The predicted octanol–water partition coefficient (Wildman–Crippen LogP) is 4.71. The Labute approximate surface area is 175 Å². The fourth-order valence-corrected chi connectivity index (χ4v) is 2.91. The number of anilines is 1. The van der Waals surface area contributed by atoms with Gasteiger partial charge in [-0.1, -0.05) is 30.3 Å². The number of pyridine rings is 1. The maximum Gasteiger partial charge on any atom is 0.435 e. The lowest BCUT2D eigenvalue weighted by atomic mass is 10.1. The number of benzene rings is 1. The summed E-state index contributed by atoms with van der Waals surface area (Å²) in [7, 11) is 0. The number of carbonyl (C=O) groups excluding carboxylic acids is 2. The number of aromatic nitrogens is 2.